The van der Waals surface area contributed by atoms with Gasteiger partial charge in [-0.1, -0.05) is 6.07 Å². The molecule has 0 saturated heterocycles. The number of ketones is 1. The van der Waals surface area contributed by atoms with E-state index in [9.17, 15) is 13.2 Å². The average Bonchev–Trinajstić information content (AvgIpc) is 2.92. The van der Waals surface area contributed by atoms with Crippen molar-refractivity contribution >= 4 is 27.4 Å². The van der Waals surface area contributed by atoms with E-state index in [0.717, 1.165) is 3.97 Å². The summed E-state index contributed by atoms with van der Waals surface area (Å²) in [5.41, 5.74) is 1.04. The molecule has 0 N–H and O–H groups in total. The first-order valence-corrected chi connectivity index (χ1v) is 7.52. The van der Waals surface area contributed by atoms with Gasteiger partial charge in [0, 0.05) is 18.0 Å². The Morgan fingerprint density at radius 2 is 1.89 bits per heavy atom. The van der Waals surface area contributed by atoms with E-state index in [-0.39, 0.29) is 16.6 Å². The Balaban J connectivity index is 2.56. The molecular weight excluding hydrogens is 286 g/mol. The van der Waals surface area contributed by atoms with Gasteiger partial charge in [0.2, 0.25) is 0 Å². The molecule has 2 rings (SSSR count). The van der Waals surface area contributed by atoms with Crippen molar-refractivity contribution in [3.8, 4) is 0 Å². The lowest BCUT2D eigenvalue weighted by Gasteiger charge is -2.09. The minimum atomic E-state index is -3.66. The largest absolute Gasteiger partial charge is 0.293 e. The smallest absolute Gasteiger partial charge is 0.267 e. The molecule has 0 atom stereocenters. The maximum absolute atomic E-state index is 12.3. The van der Waals surface area contributed by atoms with Gasteiger partial charge >= 0.3 is 0 Å². The minimum Gasteiger partial charge on any atom is -0.293 e. The summed E-state index contributed by atoms with van der Waals surface area (Å²) < 4.78 is 25.7. The normalized spacial score (nSPS) is 11.5. The highest BCUT2D eigenvalue weighted by molar-refractivity contribution is 7.90. The number of hydrogen-bond acceptors (Lipinski definition) is 3. The molecule has 2 aromatic rings. The number of nitrogens with zero attached hydrogens (tertiary/aromatic N) is 1. The number of Topliss-reactive ketones (excluding diaryl/α,β-unsaturated/α-hetero) is 1. The molecule has 0 amide bonds. The molecule has 0 fully saturated rings. The van der Waals surface area contributed by atoms with Crippen LogP contribution in [0.1, 0.15) is 15.9 Å². The molecule has 6 heteroatoms. The summed E-state index contributed by atoms with van der Waals surface area (Å²) in [4.78, 5) is 11.7. The Bertz CT molecular complexity index is 705. The van der Waals surface area contributed by atoms with Gasteiger partial charge in [0.1, 0.15) is 0 Å². The van der Waals surface area contributed by atoms with Crippen LogP contribution in [0.25, 0.3) is 0 Å². The van der Waals surface area contributed by atoms with Crippen molar-refractivity contribution in [1.29, 1.82) is 0 Å². The number of aryl methyl sites for hydroxylation is 1. The number of aromatic nitrogens is 1. The van der Waals surface area contributed by atoms with E-state index in [0.29, 0.717) is 11.1 Å². The van der Waals surface area contributed by atoms with Crippen LogP contribution < -0.4 is 0 Å². The van der Waals surface area contributed by atoms with Crippen LogP contribution in [0.4, 0.5) is 0 Å². The van der Waals surface area contributed by atoms with Gasteiger partial charge in [0.25, 0.3) is 10.0 Å². The van der Waals surface area contributed by atoms with Gasteiger partial charge in [0.05, 0.1) is 10.8 Å². The number of hydrogen-bond donors (Lipinski definition) is 0. The van der Waals surface area contributed by atoms with Gasteiger partial charge in [-0.3, -0.25) is 4.79 Å². The summed E-state index contributed by atoms with van der Waals surface area (Å²) in [6, 6.07) is 7.70. The van der Waals surface area contributed by atoms with E-state index in [1.165, 1.54) is 24.5 Å². The summed E-state index contributed by atoms with van der Waals surface area (Å²) in [6.45, 7) is 1.74. The lowest BCUT2D eigenvalue weighted by molar-refractivity contribution is 0.102. The molecule has 0 bridgehead atoms. The molecule has 1 aromatic carbocycles. The van der Waals surface area contributed by atoms with Gasteiger partial charge in [-0.05, 0) is 36.8 Å². The highest BCUT2D eigenvalue weighted by Crippen LogP contribution is 2.19. The monoisotopic (exact) mass is 297 g/mol. The first-order chi connectivity index (χ1) is 8.96. The molecule has 0 aliphatic rings. The van der Waals surface area contributed by atoms with Gasteiger partial charge in [-0.25, -0.2) is 12.4 Å². The van der Waals surface area contributed by atoms with Crippen molar-refractivity contribution in [2.75, 3.05) is 5.88 Å². The fraction of sp³-hybridized carbons (Fsp3) is 0.154. The fourth-order valence-corrected chi connectivity index (χ4v) is 3.09. The molecule has 1 aromatic heterocycles. The van der Waals surface area contributed by atoms with Crippen LogP contribution in [0.5, 0.6) is 0 Å². The maximum atomic E-state index is 12.3. The van der Waals surface area contributed by atoms with Crippen LogP contribution in [-0.2, 0) is 10.0 Å². The van der Waals surface area contributed by atoms with Crippen molar-refractivity contribution in [2.45, 2.75) is 11.8 Å². The molecule has 0 unspecified atom stereocenters. The third-order valence-electron chi connectivity index (χ3n) is 2.78. The predicted octanol–water partition coefficient (Wildman–Crippen LogP) is 2.46. The molecule has 0 radical (unpaired) electrons. The summed E-state index contributed by atoms with van der Waals surface area (Å²) in [5.74, 6) is -0.461. The average molecular weight is 298 g/mol. The second-order valence-electron chi connectivity index (χ2n) is 4.05. The van der Waals surface area contributed by atoms with Crippen LogP contribution in [-0.4, -0.2) is 24.1 Å². The number of alkyl halides is 1. The van der Waals surface area contributed by atoms with E-state index in [1.807, 2.05) is 0 Å². The van der Waals surface area contributed by atoms with Crippen LogP contribution in [0.3, 0.4) is 0 Å². The van der Waals surface area contributed by atoms with Crippen LogP contribution in [0, 0.1) is 6.92 Å². The van der Waals surface area contributed by atoms with Crippen molar-refractivity contribution in [3.05, 3.63) is 53.9 Å². The maximum Gasteiger partial charge on any atom is 0.267 e. The number of carbonyl (C=O) groups excluding carboxylic acids is 1. The van der Waals surface area contributed by atoms with Crippen LogP contribution >= 0.6 is 11.6 Å². The molecule has 0 aliphatic heterocycles. The fourth-order valence-electron chi connectivity index (χ4n) is 1.73. The van der Waals surface area contributed by atoms with Crippen molar-refractivity contribution < 1.29 is 13.2 Å². The zero-order chi connectivity index (χ0) is 14.0. The first kappa shape index (κ1) is 13.8. The Kier molecular flexibility index (Phi) is 3.78. The Labute approximate surface area is 116 Å². The van der Waals surface area contributed by atoms with E-state index < -0.39 is 10.0 Å². The molecule has 100 valence electrons. The van der Waals surface area contributed by atoms with Gasteiger partial charge in [0.15, 0.2) is 5.78 Å². The van der Waals surface area contributed by atoms with Crippen molar-refractivity contribution in [1.82, 2.24) is 3.97 Å². The second-order valence-corrected chi connectivity index (χ2v) is 6.16. The van der Waals surface area contributed by atoms with Crippen LogP contribution in [0.2, 0.25) is 0 Å². The Hall–Kier alpha value is -1.59. The lowest BCUT2D eigenvalue weighted by atomic mass is 10.1. The Morgan fingerprint density at radius 1 is 1.26 bits per heavy atom. The predicted molar refractivity (Wildman–Crippen MR) is 73.2 cm³/mol. The minimum absolute atomic E-state index is 0.0720. The van der Waals surface area contributed by atoms with E-state index in [2.05, 4.69) is 0 Å². The number of benzene rings is 1. The standard InChI is InChI=1S/C13H12ClNO3S/c1-10-4-5-11(8-12(10)13(16)9-14)19(17,18)15-6-2-3-7-15/h2-8H,9H2,1H3. The molecule has 1 heterocycles. The van der Waals surface area contributed by atoms with E-state index in [1.54, 1.807) is 25.1 Å². The molecule has 4 nitrogen and oxygen atoms in total. The quantitative estimate of drug-likeness (QED) is 0.643. The molecule has 19 heavy (non-hydrogen) atoms. The number of rotatable bonds is 4. The Morgan fingerprint density at radius 3 is 2.47 bits per heavy atom. The SMILES string of the molecule is Cc1ccc(S(=O)(=O)n2cccc2)cc1C(=O)CCl. The van der Waals surface area contributed by atoms with E-state index >= 15 is 0 Å². The highest BCUT2D eigenvalue weighted by atomic mass is 35.5. The third kappa shape index (κ3) is 2.57. The third-order valence-corrected chi connectivity index (χ3v) is 4.67. The molecule has 0 saturated carbocycles. The van der Waals surface area contributed by atoms with Crippen molar-refractivity contribution in [3.63, 3.8) is 0 Å². The number of halogens is 1. The molecule has 0 aliphatic carbocycles. The highest BCUT2D eigenvalue weighted by Gasteiger charge is 2.18. The zero-order valence-corrected chi connectivity index (χ0v) is 11.8. The van der Waals surface area contributed by atoms with Gasteiger partial charge < -0.3 is 0 Å². The molecular formula is C13H12ClNO3S. The lowest BCUT2D eigenvalue weighted by Crippen LogP contribution is -2.12. The van der Waals surface area contributed by atoms with Crippen molar-refractivity contribution in [2.24, 2.45) is 0 Å². The topological polar surface area (TPSA) is 56.1 Å². The van der Waals surface area contributed by atoms with Crippen LogP contribution in [0.15, 0.2) is 47.6 Å². The summed E-state index contributed by atoms with van der Waals surface area (Å²) in [6.07, 6.45) is 2.89. The first-order valence-electron chi connectivity index (χ1n) is 5.55. The molecule has 0 spiro atoms. The second kappa shape index (κ2) is 5.19. The summed E-state index contributed by atoms with van der Waals surface area (Å²) in [5, 5.41) is 0. The van der Waals surface area contributed by atoms with E-state index in [4.69, 9.17) is 11.6 Å². The summed E-state index contributed by atoms with van der Waals surface area (Å²) >= 11 is 5.52. The summed E-state index contributed by atoms with van der Waals surface area (Å²) in [7, 11) is -3.66. The van der Waals surface area contributed by atoms with Gasteiger partial charge in [-0.15, -0.1) is 11.6 Å². The van der Waals surface area contributed by atoms with Gasteiger partial charge in [-0.2, -0.15) is 0 Å². The zero-order valence-electron chi connectivity index (χ0n) is 10.2. The number of carbonyl (C=O) groups is 1.